The number of rotatable bonds is 14. The molecule has 0 amide bonds. The van der Waals surface area contributed by atoms with Crippen molar-refractivity contribution in [3.05, 3.63) is 59.9 Å². The van der Waals surface area contributed by atoms with Crippen molar-refractivity contribution < 1.29 is 14.3 Å². The number of aryl methyl sites for hydroxylation is 2. The number of carbonyl (C=O) groups excluding carboxylic acids is 1. The molecule has 0 fully saturated rings. The topological polar surface area (TPSA) is 88.6 Å². The van der Waals surface area contributed by atoms with Gasteiger partial charge in [-0.2, -0.15) is 0 Å². The molecular formula is C29H39N5O3. The van der Waals surface area contributed by atoms with Gasteiger partial charge in [-0.1, -0.05) is 30.3 Å². The Kier molecular flexibility index (Phi) is 10.1. The molecule has 8 nitrogen and oxygen atoms in total. The molecule has 2 aromatic heterocycles. The lowest BCUT2D eigenvalue weighted by molar-refractivity contribution is -0.141. The van der Waals surface area contributed by atoms with Gasteiger partial charge in [0.05, 0.1) is 13.7 Å². The number of aromatic nitrogens is 2. The van der Waals surface area contributed by atoms with Gasteiger partial charge in [0, 0.05) is 44.0 Å². The second-order valence-electron chi connectivity index (χ2n) is 9.52. The van der Waals surface area contributed by atoms with Crippen LogP contribution < -0.4 is 10.6 Å². The number of hydrogen-bond acceptors (Lipinski definition) is 8. The highest BCUT2D eigenvalue weighted by Gasteiger charge is 2.21. The average molecular weight is 506 g/mol. The number of pyridine rings is 2. The Balaban J connectivity index is 1.31. The van der Waals surface area contributed by atoms with Gasteiger partial charge in [0.1, 0.15) is 17.7 Å². The van der Waals surface area contributed by atoms with Crippen molar-refractivity contribution >= 4 is 28.4 Å². The molecule has 1 atom stereocenters. The summed E-state index contributed by atoms with van der Waals surface area (Å²) in [5, 5.41) is 8.83. The number of fused-ring (bicyclic) bond motifs is 2. The summed E-state index contributed by atoms with van der Waals surface area (Å²) >= 11 is 0. The smallest absolute Gasteiger partial charge is 0.328 e. The van der Waals surface area contributed by atoms with Gasteiger partial charge in [-0.3, -0.25) is 0 Å². The molecule has 8 heteroatoms. The fourth-order valence-electron chi connectivity index (χ4n) is 4.81. The van der Waals surface area contributed by atoms with Crippen LogP contribution in [0.1, 0.15) is 36.9 Å². The van der Waals surface area contributed by atoms with E-state index in [0.717, 1.165) is 74.1 Å². The van der Waals surface area contributed by atoms with Crippen molar-refractivity contribution in [1.82, 2.24) is 14.9 Å². The van der Waals surface area contributed by atoms with Crippen LogP contribution in [-0.2, 0) is 27.1 Å². The van der Waals surface area contributed by atoms with Crippen molar-refractivity contribution in [2.75, 3.05) is 57.6 Å². The van der Waals surface area contributed by atoms with Crippen LogP contribution in [0.25, 0.3) is 10.8 Å². The molecule has 1 aromatic carbocycles. The SMILES string of the molecule is COCCN(CCCCc1ccc2c(n1)NCCC2)CCC(Nc1nccc2ccccc12)C(=O)OC. The van der Waals surface area contributed by atoms with Crippen LogP contribution in [0.5, 0.6) is 0 Å². The Bertz CT molecular complexity index is 1150. The molecule has 0 spiro atoms. The summed E-state index contributed by atoms with van der Waals surface area (Å²) in [6, 6.07) is 13.9. The number of esters is 1. The third-order valence-electron chi connectivity index (χ3n) is 6.93. The molecule has 0 aliphatic carbocycles. The molecule has 0 saturated carbocycles. The fourth-order valence-corrected chi connectivity index (χ4v) is 4.81. The maximum absolute atomic E-state index is 12.6. The third-order valence-corrected chi connectivity index (χ3v) is 6.93. The van der Waals surface area contributed by atoms with Crippen LogP contribution >= 0.6 is 0 Å². The van der Waals surface area contributed by atoms with Crippen molar-refractivity contribution in [3.8, 4) is 0 Å². The Morgan fingerprint density at radius 3 is 2.86 bits per heavy atom. The summed E-state index contributed by atoms with van der Waals surface area (Å²) < 4.78 is 10.5. The van der Waals surface area contributed by atoms with Gasteiger partial charge in [-0.25, -0.2) is 14.8 Å². The van der Waals surface area contributed by atoms with E-state index in [1.54, 1.807) is 13.3 Å². The van der Waals surface area contributed by atoms with Crippen LogP contribution in [0.2, 0.25) is 0 Å². The third kappa shape index (κ3) is 7.63. The monoisotopic (exact) mass is 505 g/mol. The van der Waals surface area contributed by atoms with E-state index in [0.29, 0.717) is 18.8 Å². The largest absolute Gasteiger partial charge is 0.467 e. The zero-order chi connectivity index (χ0) is 25.9. The van der Waals surface area contributed by atoms with E-state index >= 15 is 0 Å². The predicted molar refractivity (Wildman–Crippen MR) is 148 cm³/mol. The average Bonchev–Trinajstić information content (AvgIpc) is 2.95. The quantitative estimate of drug-likeness (QED) is 0.248. The van der Waals surface area contributed by atoms with Crippen LogP contribution in [-0.4, -0.2) is 73.9 Å². The van der Waals surface area contributed by atoms with E-state index in [1.807, 2.05) is 30.3 Å². The zero-order valence-electron chi connectivity index (χ0n) is 22.0. The van der Waals surface area contributed by atoms with Gasteiger partial charge in [-0.05, 0) is 68.2 Å². The Hall–Kier alpha value is -3.23. The standard InChI is InChI=1S/C29H39N5O3/c1-36-21-20-34(18-6-5-10-24-13-12-23-9-7-16-30-27(23)32-24)19-15-26(29(35)37-2)33-28-25-11-4-3-8-22(25)14-17-31-28/h3-4,8,11-14,17,26H,5-7,9-10,15-16,18-21H2,1-2H3,(H,30,32)(H,31,33). The van der Waals surface area contributed by atoms with Crippen LogP contribution in [0.3, 0.4) is 0 Å². The van der Waals surface area contributed by atoms with Crippen molar-refractivity contribution in [1.29, 1.82) is 0 Å². The molecule has 0 saturated heterocycles. The van der Waals surface area contributed by atoms with E-state index in [-0.39, 0.29) is 5.97 Å². The second-order valence-corrected chi connectivity index (χ2v) is 9.52. The molecular weight excluding hydrogens is 466 g/mol. The van der Waals surface area contributed by atoms with E-state index in [2.05, 4.69) is 32.7 Å². The van der Waals surface area contributed by atoms with Crippen LogP contribution in [0.15, 0.2) is 48.7 Å². The molecule has 37 heavy (non-hydrogen) atoms. The first-order chi connectivity index (χ1) is 18.2. The molecule has 1 aliphatic heterocycles. The van der Waals surface area contributed by atoms with Gasteiger partial charge in [0.25, 0.3) is 0 Å². The Labute approximate surface area is 219 Å². The molecule has 0 bridgehead atoms. The summed E-state index contributed by atoms with van der Waals surface area (Å²) in [5.74, 6) is 1.48. The molecule has 2 N–H and O–H groups in total. The lowest BCUT2D eigenvalue weighted by Gasteiger charge is -2.25. The molecule has 198 valence electrons. The maximum Gasteiger partial charge on any atom is 0.328 e. The lowest BCUT2D eigenvalue weighted by Crippen LogP contribution is -2.37. The number of hydrogen-bond donors (Lipinski definition) is 2. The van der Waals surface area contributed by atoms with Gasteiger partial charge in [0.15, 0.2) is 0 Å². The number of anilines is 2. The van der Waals surface area contributed by atoms with Gasteiger partial charge >= 0.3 is 5.97 Å². The zero-order valence-corrected chi connectivity index (χ0v) is 22.0. The minimum absolute atomic E-state index is 0.284. The number of carbonyl (C=O) groups is 1. The highest BCUT2D eigenvalue weighted by atomic mass is 16.5. The molecule has 4 rings (SSSR count). The van der Waals surface area contributed by atoms with Crippen molar-refractivity contribution in [2.24, 2.45) is 0 Å². The minimum Gasteiger partial charge on any atom is -0.467 e. The fraction of sp³-hybridized carbons (Fsp3) is 0.483. The number of nitrogens with zero attached hydrogens (tertiary/aromatic N) is 3. The number of nitrogens with one attached hydrogen (secondary N) is 2. The van der Waals surface area contributed by atoms with Crippen molar-refractivity contribution in [2.45, 2.75) is 44.6 Å². The van der Waals surface area contributed by atoms with Crippen LogP contribution in [0, 0.1) is 0 Å². The molecule has 3 aromatic rings. The Morgan fingerprint density at radius 1 is 1.11 bits per heavy atom. The number of unbranched alkanes of at least 4 members (excludes halogenated alkanes) is 1. The summed E-state index contributed by atoms with van der Waals surface area (Å²) in [6.45, 7) is 4.17. The summed E-state index contributed by atoms with van der Waals surface area (Å²) in [4.78, 5) is 24.3. The number of benzene rings is 1. The molecule has 1 unspecified atom stereocenters. The second kappa shape index (κ2) is 13.9. The van der Waals surface area contributed by atoms with Gasteiger partial charge < -0.3 is 25.0 Å². The van der Waals surface area contributed by atoms with Crippen LogP contribution in [0.4, 0.5) is 11.6 Å². The van der Waals surface area contributed by atoms with E-state index < -0.39 is 6.04 Å². The highest BCUT2D eigenvalue weighted by molar-refractivity contribution is 5.93. The molecule has 0 radical (unpaired) electrons. The van der Waals surface area contributed by atoms with E-state index in [9.17, 15) is 4.79 Å². The van der Waals surface area contributed by atoms with E-state index in [1.165, 1.54) is 19.1 Å². The number of methoxy groups -OCH3 is 2. The van der Waals surface area contributed by atoms with Gasteiger partial charge in [-0.15, -0.1) is 0 Å². The summed E-state index contributed by atoms with van der Waals surface area (Å²) in [6.07, 6.45) is 7.74. The molecule has 1 aliphatic rings. The first kappa shape index (κ1) is 26.8. The summed E-state index contributed by atoms with van der Waals surface area (Å²) in [5.41, 5.74) is 2.47. The van der Waals surface area contributed by atoms with Gasteiger partial charge in [0.2, 0.25) is 0 Å². The first-order valence-electron chi connectivity index (χ1n) is 13.3. The number of ether oxygens (including phenoxy) is 2. The Morgan fingerprint density at radius 2 is 2.00 bits per heavy atom. The lowest BCUT2D eigenvalue weighted by atomic mass is 10.1. The minimum atomic E-state index is -0.486. The maximum atomic E-state index is 12.6. The van der Waals surface area contributed by atoms with E-state index in [4.69, 9.17) is 14.5 Å². The predicted octanol–water partition coefficient (Wildman–Crippen LogP) is 4.30. The first-order valence-corrected chi connectivity index (χ1v) is 13.3. The normalized spacial score (nSPS) is 13.7. The summed E-state index contributed by atoms with van der Waals surface area (Å²) in [7, 11) is 3.15. The highest BCUT2D eigenvalue weighted by Crippen LogP contribution is 2.22. The van der Waals surface area contributed by atoms with Crippen molar-refractivity contribution in [3.63, 3.8) is 0 Å². The molecule has 3 heterocycles.